The van der Waals surface area contributed by atoms with Crippen molar-refractivity contribution < 1.29 is 43.5 Å². The van der Waals surface area contributed by atoms with Crippen molar-refractivity contribution in [3.8, 4) is 0 Å². The Morgan fingerprint density at radius 1 is 0.692 bits per heavy atom. The number of likely N-dealkylation sites (tertiary alicyclic amines) is 2. The van der Waals surface area contributed by atoms with Gasteiger partial charge in [-0.2, -0.15) is 0 Å². The maximum absolute atomic E-state index is 13.5. The Morgan fingerprint density at radius 3 is 1.69 bits per heavy atom. The largest absolute Gasteiger partial charge is 0.391 e. The van der Waals surface area contributed by atoms with Crippen LogP contribution in [-0.2, 0) is 38.4 Å². The quantitative estimate of drug-likeness (QED) is 0.0724. The Kier molecular flexibility index (Phi) is 16.9. The molecule has 2 fully saturated rings. The van der Waals surface area contributed by atoms with Gasteiger partial charge in [-0.1, -0.05) is 27.7 Å². The number of nitrogens with zero attached hydrogens (tertiary/aromatic N) is 2. The van der Waals surface area contributed by atoms with Gasteiger partial charge in [0.05, 0.1) is 18.7 Å². The molecule has 0 radical (unpaired) electrons. The molecule has 0 bridgehead atoms. The standard InChI is InChI=1S/C34H59N9O9/c1-17(2)14-22(28(36)46)39-32(50)27(21(7)44)41-26(45)16-37-30(48)24-10-8-12-42(24)33(51)20(6)38-31(49)25-11-9-13-43(25)34(52)23(15-18(3)4)40-29(47)19(5)35/h17-25,27,44H,8-16,35H2,1-7H3,(H2,36,46)(H,37,48)(H,38,49)(H,39,50)(H,40,47)(H,41,45)/t19-,20-,21+,22-,23-,24-,25-,27-/m0/s1. The number of hydrogen-bond donors (Lipinski definition) is 8. The van der Waals surface area contributed by atoms with E-state index in [2.05, 4.69) is 26.6 Å². The summed E-state index contributed by atoms with van der Waals surface area (Å²) in [5, 5.41) is 22.8. The number of aliphatic hydroxyl groups excluding tert-OH is 1. The Morgan fingerprint density at radius 2 is 1.19 bits per heavy atom. The smallest absolute Gasteiger partial charge is 0.245 e. The second-order valence-electron chi connectivity index (χ2n) is 14.7. The van der Waals surface area contributed by atoms with Crippen molar-refractivity contribution in [1.29, 1.82) is 0 Å². The van der Waals surface area contributed by atoms with E-state index in [4.69, 9.17) is 11.5 Å². The van der Waals surface area contributed by atoms with Crippen LogP contribution < -0.4 is 38.1 Å². The maximum Gasteiger partial charge on any atom is 0.245 e. The molecule has 2 aliphatic heterocycles. The van der Waals surface area contributed by atoms with Crippen molar-refractivity contribution in [1.82, 2.24) is 36.4 Å². The SMILES string of the molecule is CC(C)C[C@H](NC(=O)[C@@H](NC(=O)CNC(=O)[C@@H]1CCCN1C(=O)[C@H](C)NC(=O)[C@@H]1CCCN1C(=O)[C@H](CC(C)C)NC(=O)[C@H](C)N)[C@@H](C)O)C(N)=O. The Labute approximate surface area is 305 Å². The summed E-state index contributed by atoms with van der Waals surface area (Å²) in [6.45, 7) is 11.7. The molecule has 2 aliphatic rings. The molecule has 0 aromatic heterocycles. The van der Waals surface area contributed by atoms with Crippen LogP contribution in [0.5, 0.6) is 0 Å². The van der Waals surface area contributed by atoms with Crippen LogP contribution in [-0.4, -0.2) is 130 Å². The molecule has 2 heterocycles. The summed E-state index contributed by atoms with van der Waals surface area (Å²) in [6.07, 6.45) is 0.979. The molecular weight excluding hydrogens is 678 g/mol. The highest BCUT2D eigenvalue weighted by molar-refractivity contribution is 5.97. The van der Waals surface area contributed by atoms with Gasteiger partial charge in [0.2, 0.25) is 47.3 Å². The first-order valence-corrected chi connectivity index (χ1v) is 18.1. The van der Waals surface area contributed by atoms with Crippen LogP contribution in [0.1, 0.15) is 87.0 Å². The van der Waals surface area contributed by atoms with Crippen molar-refractivity contribution in [2.45, 2.75) is 135 Å². The molecule has 0 aromatic rings. The Hall–Kier alpha value is -4.32. The monoisotopic (exact) mass is 737 g/mol. The van der Waals surface area contributed by atoms with Gasteiger partial charge in [0.25, 0.3) is 0 Å². The van der Waals surface area contributed by atoms with Gasteiger partial charge in [-0.25, -0.2) is 0 Å². The fourth-order valence-electron chi connectivity index (χ4n) is 6.32. The predicted molar refractivity (Wildman–Crippen MR) is 189 cm³/mol. The van der Waals surface area contributed by atoms with Crippen molar-refractivity contribution in [2.24, 2.45) is 23.3 Å². The minimum Gasteiger partial charge on any atom is -0.391 e. The number of amides is 8. The van der Waals surface area contributed by atoms with Crippen LogP contribution in [0, 0.1) is 11.8 Å². The Bertz CT molecular complexity index is 1320. The van der Waals surface area contributed by atoms with Crippen molar-refractivity contribution in [3.63, 3.8) is 0 Å². The average Bonchev–Trinajstić information content (AvgIpc) is 3.75. The van der Waals surface area contributed by atoms with Gasteiger partial charge in [0.1, 0.15) is 36.3 Å². The van der Waals surface area contributed by atoms with Crippen LogP contribution in [0.2, 0.25) is 0 Å². The Balaban J connectivity index is 2.00. The maximum atomic E-state index is 13.5. The van der Waals surface area contributed by atoms with E-state index in [1.165, 1.54) is 30.6 Å². The zero-order valence-electron chi connectivity index (χ0n) is 31.4. The first-order valence-electron chi connectivity index (χ1n) is 18.1. The minimum absolute atomic E-state index is 0.0254. The van der Waals surface area contributed by atoms with Gasteiger partial charge in [-0.05, 0) is 71.1 Å². The molecular formula is C34H59N9O9. The fraction of sp³-hybridized carbons (Fsp3) is 0.765. The van der Waals surface area contributed by atoms with Gasteiger partial charge >= 0.3 is 0 Å². The lowest BCUT2D eigenvalue weighted by atomic mass is 10.0. The molecule has 18 heteroatoms. The molecule has 10 N–H and O–H groups in total. The summed E-state index contributed by atoms with van der Waals surface area (Å²) in [5.74, 6) is -4.85. The van der Waals surface area contributed by atoms with E-state index in [0.29, 0.717) is 38.6 Å². The highest BCUT2D eigenvalue weighted by atomic mass is 16.3. The van der Waals surface area contributed by atoms with Crippen LogP contribution in [0.3, 0.4) is 0 Å². The third-order valence-corrected chi connectivity index (χ3v) is 9.01. The summed E-state index contributed by atoms with van der Waals surface area (Å²) >= 11 is 0. The third-order valence-electron chi connectivity index (χ3n) is 9.01. The molecule has 52 heavy (non-hydrogen) atoms. The second-order valence-corrected chi connectivity index (χ2v) is 14.7. The van der Waals surface area contributed by atoms with Crippen LogP contribution in [0.25, 0.3) is 0 Å². The summed E-state index contributed by atoms with van der Waals surface area (Å²) in [4.78, 5) is 106. The molecule has 0 aromatic carbocycles. The summed E-state index contributed by atoms with van der Waals surface area (Å²) in [6, 6.07) is -6.97. The van der Waals surface area contributed by atoms with Crippen molar-refractivity contribution >= 4 is 47.3 Å². The number of carbonyl (C=O) groups excluding carboxylic acids is 8. The number of rotatable bonds is 18. The third kappa shape index (κ3) is 12.7. The predicted octanol–water partition coefficient (Wildman–Crippen LogP) is -2.65. The molecule has 0 saturated carbocycles. The highest BCUT2D eigenvalue weighted by Crippen LogP contribution is 2.22. The first-order chi connectivity index (χ1) is 24.2. The van der Waals surface area contributed by atoms with Crippen molar-refractivity contribution in [3.05, 3.63) is 0 Å². The molecule has 2 saturated heterocycles. The normalized spacial score (nSPS) is 20.7. The second kappa shape index (κ2) is 20.1. The van der Waals surface area contributed by atoms with E-state index < -0.39 is 102 Å². The lowest BCUT2D eigenvalue weighted by Gasteiger charge is -2.31. The van der Waals surface area contributed by atoms with E-state index in [1.54, 1.807) is 0 Å². The number of aliphatic hydroxyl groups is 1. The van der Waals surface area contributed by atoms with E-state index in [0.717, 1.165) is 0 Å². The van der Waals surface area contributed by atoms with E-state index in [-0.39, 0.29) is 24.8 Å². The molecule has 8 atom stereocenters. The van der Waals surface area contributed by atoms with Crippen LogP contribution >= 0.6 is 0 Å². The fourth-order valence-corrected chi connectivity index (χ4v) is 6.32. The molecule has 294 valence electrons. The van der Waals surface area contributed by atoms with Gasteiger partial charge < -0.3 is 53.0 Å². The van der Waals surface area contributed by atoms with Gasteiger partial charge in [0, 0.05) is 13.1 Å². The molecule has 0 unspecified atom stereocenters. The van der Waals surface area contributed by atoms with E-state index in [9.17, 15) is 43.5 Å². The van der Waals surface area contributed by atoms with E-state index >= 15 is 0 Å². The topological polar surface area (TPSA) is 275 Å². The minimum atomic E-state index is -1.44. The lowest BCUT2D eigenvalue weighted by Crippen LogP contribution is -2.59. The number of carbonyl (C=O) groups is 8. The van der Waals surface area contributed by atoms with Gasteiger partial charge in [0.15, 0.2) is 0 Å². The average molecular weight is 738 g/mol. The summed E-state index contributed by atoms with van der Waals surface area (Å²) in [5.41, 5.74) is 11.1. The molecule has 18 nitrogen and oxygen atoms in total. The summed E-state index contributed by atoms with van der Waals surface area (Å²) in [7, 11) is 0. The number of nitrogens with two attached hydrogens (primary N) is 2. The zero-order chi connectivity index (χ0) is 39.4. The van der Waals surface area contributed by atoms with Gasteiger partial charge in [-0.3, -0.25) is 38.4 Å². The van der Waals surface area contributed by atoms with Crippen LogP contribution in [0.4, 0.5) is 0 Å². The van der Waals surface area contributed by atoms with Gasteiger partial charge in [-0.15, -0.1) is 0 Å². The van der Waals surface area contributed by atoms with Crippen LogP contribution in [0.15, 0.2) is 0 Å². The number of primary amides is 1. The first kappa shape index (κ1) is 43.8. The highest BCUT2D eigenvalue weighted by Gasteiger charge is 2.41. The number of nitrogens with one attached hydrogen (secondary N) is 5. The van der Waals surface area contributed by atoms with Crippen molar-refractivity contribution in [2.75, 3.05) is 19.6 Å². The molecule has 0 aliphatic carbocycles. The van der Waals surface area contributed by atoms with E-state index in [1.807, 2.05) is 27.7 Å². The lowest BCUT2D eigenvalue weighted by molar-refractivity contribution is -0.144. The number of hydrogen-bond acceptors (Lipinski definition) is 10. The molecule has 8 amide bonds. The zero-order valence-corrected chi connectivity index (χ0v) is 31.4. The molecule has 0 spiro atoms. The summed E-state index contributed by atoms with van der Waals surface area (Å²) < 4.78 is 0. The molecule has 2 rings (SSSR count).